The van der Waals surface area contributed by atoms with Crippen molar-refractivity contribution in [1.29, 1.82) is 0 Å². The zero-order valence-corrected chi connectivity index (χ0v) is 11.6. The molecule has 3 aromatic rings. The van der Waals surface area contributed by atoms with Crippen molar-refractivity contribution in [3.63, 3.8) is 0 Å². The number of hydrogen-bond donors (Lipinski definition) is 3. The van der Waals surface area contributed by atoms with Crippen LogP contribution in [0.1, 0.15) is 5.56 Å². The Bertz CT molecular complexity index is 824. The molecular formula is C16H14N4O2. The van der Waals surface area contributed by atoms with Crippen LogP contribution in [0.5, 0.6) is 0 Å². The molecule has 6 heteroatoms. The van der Waals surface area contributed by atoms with Crippen LogP contribution >= 0.6 is 0 Å². The third-order valence-corrected chi connectivity index (χ3v) is 3.10. The number of carbonyl (C=O) groups is 1. The van der Waals surface area contributed by atoms with E-state index in [-0.39, 0.29) is 5.84 Å². The van der Waals surface area contributed by atoms with Gasteiger partial charge in [-0.3, -0.25) is 10.2 Å². The minimum atomic E-state index is -0.697. The topological polar surface area (TPSA) is 92.5 Å². The molecular weight excluding hydrogens is 280 g/mol. The lowest BCUT2D eigenvalue weighted by Gasteiger charge is -2.03. The van der Waals surface area contributed by atoms with E-state index in [0.29, 0.717) is 11.3 Å². The Morgan fingerprint density at radius 1 is 1.14 bits per heavy atom. The molecule has 1 aromatic heterocycles. The number of benzene rings is 2. The summed E-state index contributed by atoms with van der Waals surface area (Å²) in [6.45, 7) is 0. The van der Waals surface area contributed by atoms with E-state index in [1.807, 2.05) is 30.5 Å². The number of oxime groups is 1. The molecule has 0 atom stereocenters. The number of nitrogens with one attached hydrogen (secondary N) is 2. The van der Waals surface area contributed by atoms with Crippen molar-refractivity contribution < 1.29 is 9.63 Å². The number of para-hydroxylation sites is 1. The summed E-state index contributed by atoms with van der Waals surface area (Å²) >= 11 is 0. The van der Waals surface area contributed by atoms with Gasteiger partial charge in [-0.2, -0.15) is 0 Å². The number of aromatic nitrogens is 1. The van der Waals surface area contributed by atoms with Gasteiger partial charge >= 0.3 is 6.09 Å². The van der Waals surface area contributed by atoms with Crippen LogP contribution in [0.15, 0.2) is 65.9 Å². The average molecular weight is 294 g/mol. The predicted octanol–water partition coefficient (Wildman–Crippen LogP) is 3.04. The van der Waals surface area contributed by atoms with Gasteiger partial charge in [-0.25, -0.2) is 4.79 Å². The summed E-state index contributed by atoms with van der Waals surface area (Å²) in [5.74, 6) is 0.131. The fraction of sp³-hybridized carbons (Fsp3) is 0. The smallest absolute Gasteiger partial charge is 0.380 e. The van der Waals surface area contributed by atoms with E-state index in [1.165, 1.54) is 0 Å². The second-order valence-electron chi connectivity index (χ2n) is 4.63. The molecule has 0 fully saturated rings. The van der Waals surface area contributed by atoms with Gasteiger partial charge in [-0.1, -0.05) is 23.4 Å². The predicted molar refractivity (Wildman–Crippen MR) is 85.6 cm³/mol. The first-order chi connectivity index (χ1) is 10.7. The number of amides is 1. The highest BCUT2D eigenvalue weighted by molar-refractivity contribution is 6.00. The van der Waals surface area contributed by atoms with E-state index in [2.05, 4.69) is 15.5 Å². The van der Waals surface area contributed by atoms with Gasteiger partial charge < -0.3 is 10.7 Å². The molecule has 1 heterocycles. The number of fused-ring (bicyclic) bond motifs is 1. The minimum absolute atomic E-state index is 0.131. The standard InChI is InChI=1S/C16H14N4O2/c17-15(12-6-7-14-11(10-12)8-9-18-14)20-22-16(21)19-13-4-2-1-3-5-13/h1-10,18H,(H2,17,20)(H,19,21). The average Bonchev–Trinajstić information content (AvgIpc) is 3.01. The normalized spacial score (nSPS) is 11.4. The van der Waals surface area contributed by atoms with Crippen molar-refractivity contribution in [3.8, 4) is 0 Å². The van der Waals surface area contributed by atoms with E-state index in [1.54, 1.807) is 30.3 Å². The molecule has 0 saturated carbocycles. The van der Waals surface area contributed by atoms with Crippen molar-refractivity contribution in [2.75, 3.05) is 5.32 Å². The van der Waals surface area contributed by atoms with Gasteiger partial charge in [0.1, 0.15) is 0 Å². The van der Waals surface area contributed by atoms with Gasteiger partial charge in [0.05, 0.1) is 0 Å². The van der Waals surface area contributed by atoms with Crippen molar-refractivity contribution in [2.45, 2.75) is 0 Å². The Morgan fingerprint density at radius 2 is 1.95 bits per heavy atom. The first kappa shape index (κ1) is 13.7. The molecule has 4 N–H and O–H groups in total. The quantitative estimate of drug-likeness (QED) is 0.300. The summed E-state index contributed by atoms with van der Waals surface area (Å²) in [4.78, 5) is 19.5. The highest BCUT2D eigenvalue weighted by atomic mass is 16.7. The summed E-state index contributed by atoms with van der Waals surface area (Å²) in [7, 11) is 0. The number of aromatic amines is 1. The molecule has 0 aliphatic rings. The van der Waals surface area contributed by atoms with Crippen LogP contribution < -0.4 is 11.1 Å². The van der Waals surface area contributed by atoms with Gasteiger partial charge in [0, 0.05) is 28.4 Å². The number of hydrogen-bond acceptors (Lipinski definition) is 3. The fourth-order valence-electron chi connectivity index (χ4n) is 2.02. The Labute approximate surface area is 126 Å². The van der Waals surface area contributed by atoms with Crippen molar-refractivity contribution >= 4 is 28.5 Å². The molecule has 0 radical (unpaired) electrons. The van der Waals surface area contributed by atoms with Gasteiger partial charge in [-0.15, -0.1) is 0 Å². The first-order valence-electron chi connectivity index (χ1n) is 6.66. The maximum atomic E-state index is 11.6. The fourth-order valence-corrected chi connectivity index (χ4v) is 2.02. The van der Waals surface area contributed by atoms with Crippen molar-refractivity contribution in [2.24, 2.45) is 10.9 Å². The van der Waals surface area contributed by atoms with Crippen LogP contribution in [-0.2, 0) is 4.84 Å². The summed E-state index contributed by atoms with van der Waals surface area (Å²) in [6.07, 6.45) is 1.14. The number of rotatable bonds is 3. The molecule has 110 valence electrons. The van der Waals surface area contributed by atoms with Crippen LogP contribution in [0.25, 0.3) is 10.9 Å². The van der Waals surface area contributed by atoms with Gasteiger partial charge in [0.25, 0.3) is 0 Å². The lowest BCUT2D eigenvalue weighted by molar-refractivity contribution is 0.166. The molecule has 1 amide bonds. The van der Waals surface area contributed by atoms with E-state index in [0.717, 1.165) is 10.9 Å². The van der Waals surface area contributed by atoms with Crippen LogP contribution in [0.4, 0.5) is 10.5 Å². The number of anilines is 1. The van der Waals surface area contributed by atoms with E-state index >= 15 is 0 Å². The Kier molecular flexibility index (Phi) is 3.74. The van der Waals surface area contributed by atoms with Crippen LogP contribution in [-0.4, -0.2) is 16.9 Å². The van der Waals surface area contributed by atoms with Crippen LogP contribution in [0, 0.1) is 0 Å². The zero-order chi connectivity index (χ0) is 15.4. The lowest BCUT2D eigenvalue weighted by atomic mass is 10.1. The van der Waals surface area contributed by atoms with Gasteiger partial charge in [0.2, 0.25) is 0 Å². The van der Waals surface area contributed by atoms with E-state index in [9.17, 15) is 4.79 Å². The second kappa shape index (κ2) is 6.01. The SMILES string of the molecule is N/C(=N\OC(=O)Nc1ccccc1)c1ccc2[nH]ccc2c1. The molecule has 6 nitrogen and oxygen atoms in total. The third kappa shape index (κ3) is 3.06. The highest BCUT2D eigenvalue weighted by Gasteiger charge is 2.05. The summed E-state index contributed by atoms with van der Waals surface area (Å²) in [5.41, 5.74) is 8.13. The minimum Gasteiger partial charge on any atom is -0.380 e. The molecule has 0 aliphatic carbocycles. The number of H-pyrrole nitrogens is 1. The zero-order valence-electron chi connectivity index (χ0n) is 11.6. The number of nitrogens with two attached hydrogens (primary N) is 1. The van der Waals surface area contributed by atoms with Crippen molar-refractivity contribution in [3.05, 3.63) is 66.4 Å². The maximum Gasteiger partial charge on any atom is 0.437 e. The Hall–Kier alpha value is -3.28. The van der Waals surface area contributed by atoms with E-state index in [4.69, 9.17) is 10.6 Å². The molecule has 22 heavy (non-hydrogen) atoms. The summed E-state index contributed by atoms with van der Waals surface area (Å²) in [6, 6.07) is 16.4. The van der Waals surface area contributed by atoms with Gasteiger partial charge in [-0.05, 0) is 36.4 Å². The molecule has 0 saturated heterocycles. The number of amidine groups is 1. The molecule has 0 unspecified atom stereocenters. The number of carbonyl (C=O) groups excluding carboxylic acids is 1. The largest absolute Gasteiger partial charge is 0.437 e. The molecule has 3 rings (SSSR count). The molecule has 0 spiro atoms. The highest BCUT2D eigenvalue weighted by Crippen LogP contribution is 2.14. The maximum absolute atomic E-state index is 11.6. The van der Waals surface area contributed by atoms with Gasteiger partial charge in [0.15, 0.2) is 5.84 Å². The van der Waals surface area contributed by atoms with E-state index < -0.39 is 6.09 Å². The molecule has 0 bridgehead atoms. The number of nitrogens with zero attached hydrogens (tertiary/aromatic N) is 1. The summed E-state index contributed by atoms with van der Waals surface area (Å²) < 4.78 is 0. The Balaban J connectivity index is 1.67. The first-order valence-corrected chi connectivity index (χ1v) is 6.66. The van der Waals surface area contributed by atoms with Crippen LogP contribution in [0.2, 0.25) is 0 Å². The second-order valence-corrected chi connectivity index (χ2v) is 4.63. The molecule has 0 aliphatic heterocycles. The monoisotopic (exact) mass is 294 g/mol. The summed E-state index contributed by atoms with van der Waals surface area (Å²) in [5, 5.41) is 7.20. The van der Waals surface area contributed by atoms with Crippen molar-refractivity contribution in [1.82, 2.24) is 4.98 Å². The molecule has 2 aromatic carbocycles. The lowest BCUT2D eigenvalue weighted by Crippen LogP contribution is -2.17. The van der Waals surface area contributed by atoms with Crippen LogP contribution in [0.3, 0.4) is 0 Å². The Morgan fingerprint density at radius 3 is 2.77 bits per heavy atom. The third-order valence-electron chi connectivity index (χ3n) is 3.10.